The Hall–Kier alpha value is -3.81. The van der Waals surface area contributed by atoms with Gasteiger partial charge in [-0.2, -0.15) is 4.98 Å². The molecule has 0 aliphatic rings. The van der Waals surface area contributed by atoms with Crippen molar-refractivity contribution in [2.45, 2.75) is 6.54 Å². The van der Waals surface area contributed by atoms with Crippen LogP contribution in [0.15, 0.2) is 60.9 Å². The first-order valence-electron chi connectivity index (χ1n) is 8.19. The van der Waals surface area contributed by atoms with Crippen LogP contribution in [0.5, 0.6) is 0 Å². The van der Waals surface area contributed by atoms with Gasteiger partial charge in [0.2, 0.25) is 5.95 Å². The number of nitrogens with two attached hydrogens (primary N) is 1. The Labute approximate surface area is 153 Å². The van der Waals surface area contributed by atoms with Crippen molar-refractivity contribution in [3.05, 3.63) is 78.0 Å². The van der Waals surface area contributed by atoms with E-state index in [2.05, 4.69) is 20.4 Å². The molecule has 0 aliphatic carbocycles. The molecule has 0 radical (unpaired) electrons. The third-order valence-electron chi connectivity index (χ3n) is 4.04. The zero-order valence-corrected chi connectivity index (χ0v) is 14.1. The smallest absolute Gasteiger partial charge is 0.270 e. The lowest BCUT2D eigenvalue weighted by Gasteiger charge is -2.06. The Bertz CT molecular complexity index is 1110. The maximum absolute atomic E-state index is 12.9. The number of amides is 1. The molecule has 0 saturated heterocycles. The zero-order valence-electron chi connectivity index (χ0n) is 14.1. The van der Waals surface area contributed by atoms with Crippen LogP contribution in [-0.4, -0.2) is 25.5 Å². The molecule has 0 unspecified atom stereocenters. The van der Waals surface area contributed by atoms with Gasteiger partial charge in [-0.15, -0.1) is 5.10 Å². The molecule has 7 nitrogen and oxygen atoms in total. The fraction of sp³-hybridized carbons (Fsp3) is 0.0526. The van der Waals surface area contributed by atoms with Crippen molar-refractivity contribution >= 4 is 17.5 Å². The predicted octanol–water partition coefficient (Wildman–Crippen LogP) is 2.44. The summed E-state index contributed by atoms with van der Waals surface area (Å²) in [5.74, 6) is -0.405. The maximum Gasteiger partial charge on any atom is 0.270 e. The lowest BCUT2D eigenvalue weighted by Crippen LogP contribution is -2.23. The quantitative estimate of drug-likeness (QED) is 0.581. The van der Waals surface area contributed by atoms with E-state index in [0.29, 0.717) is 17.9 Å². The van der Waals surface area contributed by atoms with Gasteiger partial charge in [0.25, 0.3) is 5.91 Å². The summed E-state index contributed by atoms with van der Waals surface area (Å²) in [6.07, 6.45) is 3.41. The fourth-order valence-electron chi connectivity index (χ4n) is 2.65. The Morgan fingerprint density at radius 3 is 2.59 bits per heavy atom. The summed E-state index contributed by atoms with van der Waals surface area (Å²) in [6, 6.07) is 13.1. The molecule has 0 fully saturated rings. The summed E-state index contributed by atoms with van der Waals surface area (Å²) in [5.41, 5.74) is 9.06. The number of nitrogens with zero attached hydrogens (tertiary/aromatic N) is 4. The molecule has 3 heterocycles. The van der Waals surface area contributed by atoms with Crippen molar-refractivity contribution in [1.82, 2.24) is 24.9 Å². The second-order valence-electron chi connectivity index (χ2n) is 5.93. The molecule has 8 heteroatoms. The number of nitrogen functional groups attached to an aromatic ring is 1. The van der Waals surface area contributed by atoms with Gasteiger partial charge in [0.1, 0.15) is 11.5 Å². The number of carbonyl (C=O) groups is 1. The highest BCUT2D eigenvalue weighted by molar-refractivity contribution is 5.92. The first kappa shape index (κ1) is 16.6. The molecule has 3 aromatic heterocycles. The van der Waals surface area contributed by atoms with E-state index in [1.165, 1.54) is 12.1 Å². The van der Waals surface area contributed by atoms with Crippen LogP contribution in [0, 0.1) is 5.82 Å². The average Bonchev–Trinajstić information content (AvgIpc) is 3.06. The Balaban J connectivity index is 1.47. The first-order valence-corrected chi connectivity index (χ1v) is 8.19. The van der Waals surface area contributed by atoms with Crippen molar-refractivity contribution in [3.63, 3.8) is 0 Å². The average molecular weight is 362 g/mol. The van der Waals surface area contributed by atoms with Gasteiger partial charge in [-0.1, -0.05) is 18.2 Å². The molecule has 0 spiro atoms. The van der Waals surface area contributed by atoms with E-state index in [1.54, 1.807) is 41.2 Å². The highest BCUT2D eigenvalue weighted by atomic mass is 19.1. The lowest BCUT2D eigenvalue weighted by atomic mass is 10.1. The number of halogens is 1. The third-order valence-corrected chi connectivity index (χ3v) is 4.04. The van der Waals surface area contributed by atoms with Gasteiger partial charge in [0.15, 0.2) is 5.65 Å². The third kappa shape index (κ3) is 3.59. The van der Waals surface area contributed by atoms with E-state index in [-0.39, 0.29) is 17.7 Å². The predicted molar refractivity (Wildman–Crippen MR) is 98.2 cm³/mol. The van der Waals surface area contributed by atoms with E-state index in [9.17, 15) is 9.18 Å². The topological polar surface area (TPSA) is 98.2 Å². The second kappa shape index (κ2) is 6.83. The van der Waals surface area contributed by atoms with Crippen LogP contribution >= 0.6 is 0 Å². The largest absolute Gasteiger partial charge is 0.366 e. The molecule has 4 rings (SSSR count). The first-order chi connectivity index (χ1) is 13.1. The van der Waals surface area contributed by atoms with Crippen LogP contribution in [0.4, 0.5) is 10.3 Å². The molecule has 27 heavy (non-hydrogen) atoms. The van der Waals surface area contributed by atoms with Crippen LogP contribution in [0.25, 0.3) is 16.8 Å². The number of benzene rings is 1. The molecule has 0 atom stereocenters. The number of anilines is 1. The molecule has 0 aliphatic heterocycles. The van der Waals surface area contributed by atoms with Crippen LogP contribution < -0.4 is 11.1 Å². The normalized spacial score (nSPS) is 10.9. The fourth-order valence-corrected chi connectivity index (χ4v) is 2.65. The van der Waals surface area contributed by atoms with E-state index < -0.39 is 0 Å². The van der Waals surface area contributed by atoms with Crippen LogP contribution in [0.2, 0.25) is 0 Å². The number of fused-ring (bicyclic) bond motifs is 1. The van der Waals surface area contributed by atoms with Crippen molar-refractivity contribution in [3.8, 4) is 11.1 Å². The molecule has 134 valence electrons. The molecule has 0 bridgehead atoms. The summed E-state index contributed by atoms with van der Waals surface area (Å²) in [4.78, 5) is 20.5. The zero-order chi connectivity index (χ0) is 18.8. The Morgan fingerprint density at radius 1 is 1.07 bits per heavy atom. The summed E-state index contributed by atoms with van der Waals surface area (Å²) in [5, 5.41) is 6.84. The number of pyridine rings is 2. The molecule has 0 saturated carbocycles. The van der Waals surface area contributed by atoms with Gasteiger partial charge in [-0.3, -0.25) is 9.78 Å². The van der Waals surface area contributed by atoms with Crippen molar-refractivity contribution in [2.75, 3.05) is 5.73 Å². The Morgan fingerprint density at radius 2 is 1.85 bits per heavy atom. The number of aromatic nitrogens is 4. The Kier molecular flexibility index (Phi) is 4.21. The maximum atomic E-state index is 12.9. The van der Waals surface area contributed by atoms with Gasteiger partial charge in [-0.05, 0) is 35.9 Å². The van der Waals surface area contributed by atoms with Crippen molar-refractivity contribution in [1.29, 1.82) is 0 Å². The molecule has 3 N–H and O–H groups in total. The summed E-state index contributed by atoms with van der Waals surface area (Å²) >= 11 is 0. The SMILES string of the molecule is Nc1nc2ccc(-c3ccc(C(=O)NCc4ccc(F)cc4)nc3)cn2n1. The summed E-state index contributed by atoms with van der Waals surface area (Å²) in [6.45, 7) is 0.299. The van der Waals surface area contributed by atoms with E-state index in [4.69, 9.17) is 5.73 Å². The highest BCUT2D eigenvalue weighted by Crippen LogP contribution is 2.19. The molecule has 1 aromatic carbocycles. The van der Waals surface area contributed by atoms with Gasteiger partial charge in [-0.25, -0.2) is 8.91 Å². The number of rotatable bonds is 4. The number of hydrogen-bond acceptors (Lipinski definition) is 5. The van der Waals surface area contributed by atoms with Gasteiger partial charge < -0.3 is 11.1 Å². The van der Waals surface area contributed by atoms with Crippen molar-refractivity contribution < 1.29 is 9.18 Å². The van der Waals surface area contributed by atoms with Crippen molar-refractivity contribution in [2.24, 2.45) is 0 Å². The number of carbonyl (C=O) groups excluding carboxylic acids is 1. The molecule has 4 aromatic rings. The molecule has 1 amide bonds. The van der Waals surface area contributed by atoms with Gasteiger partial charge in [0, 0.05) is 30.1 Å². The molecular weight excluding hydrogens is 347 g/mol. The van der Waals surface area contributed by atoms with Crippen LogP contribution in [-0.2, 0) is 6.54 Å². The standard InChI is InChI=1S/C19H15FN6O/c20-15-5-1-12(2-6-15)9-23-18(27)16-7-3-13(10-22-16)14-4-8-17-24-19(21)25-26(17)11-14/h1-8,10-11H,9H2,(H2,21,25)(H,23,27). The molecular formula is C19H15FN6O. The van der Waals surface area contributed by atoms with Gasteiger partial charge in [0.05, 0.1) is 0 Å². The highest BCUT2D eigenvalue weighted by Gasteiger charge is 2.09. The van der Waals surface area contributed by atoms with Crippen LogP contribution in [0.1, 0.15) is 16.1 Å². The second-order valence-corrected chi connectivity index (χ2v) is 5.93. The summed E-state index contributed by atoms with van der Waals surface area (Å²) < 4.78 is 14.5. The number of nitrogens with one attached hydrogen (secondary N) is 1. The minimum Gasteiger partial charge on any atom is -0.366 e. The lowest BCUT2D eigenvalue weighted by molar-refractivity contribution is 0.0946. The van der Waals surface area contributed by atoms with E-state index in [1.807, 2.05) is 12.1 Å². The van der Waals surface area contributed by atoms with E-state index >= 15 is 0 Å². The monoisotopic (exact) mass is 362 g/mol. The van der Waals surface area contributed by atoms with Gasteiger partial charge >= 0.3 is 0 Å². The minimum atomic E-state index is -0.311. The minimum absolute atomic E-state index is 0.207. The van der Waals surface area contributed by atoms with Crippen LogP contribution in [0.3, 0.4) is 0 Å². The van der Waals surface area contributed by atoms with E-state index in [0.717, 1.165) is 16.7 Å². The number of hydrogen-bond donors (Lipinski definition) is 2. The summed E-state index contributed by atoms with van der Waals surface area (Å²) in [7, 11) is 0.